The number of benzene rings is 1. The van der Waals surface area contributed by atoms with E-state index in [0.29, 0.717) is 30.2 Å². The molecule has 0 amide bonds. The quantitative estimate of drug-likeness (QED) is 0.703. The minimum atomic E-state index is -0.246. The number of nitrogens with zero attached hydrogens (tertiary/aromatic N) is 5. The Morgan fingerprint density at radius 1 is 1.27 bits per heavy atom. The Bertz CT molecular complexity index is 874. The largest absolute Gasteiger partial charge is 0.338 e. The molecule has 1 aromatic carbocycles. The maximum Gasteiger partial charge on any atom is 0.240 e. The summed E-state index contributed by atoms with van der Waals surface area (Å²) in [6.07, 6.45) is 7.55. The second kappa shape index (κ2) is 7.37. The van der Waals surface area contributed by atoms with Crippen LogP contribution in [0.3, 0.4) is 0 Å². The fraction of sp³-hybridized carbons (Fsp3) is 0.421. The molecule has 1 aliphatic heterocycles. The van der Waals surface area contributed by atoms with Crippen LogP contribution in [0.2, 0.25) is 0 Å². The van der Waals surface area contributed by atoms with Gasteiger partial charge in [-0.05, 0) is 31.0 Å². The number of likely N-dealkylation sites (tertiary alicyclic amines) is 1. The third-order valence-electron chi connectivity index (χ3n) is 4.93. The number of rotatable bonds is 5. The molecule has 2 aromatic heterocycles. The van der Waals surface area contributed by atoms with Crippen molar-refractivity contribution in [3.8, 4) is 0 Å². The van der Waals surface area contributed by atoms with Crippen molar-refractivity contribution in [2.75, 3.05) is 6.54 Å². The number of hydrogen-bond donors (Lipinski definition) is 0. The van der Waals surface area contributed by atoms with Crippen LogP contribution < -0.4 is 0 Å². The van der Waals surface area contributed by atoms with Crippen molar-refractivity contribution < 1.29 is 8.91 Å². The molecule has 0 aliphatic carbocycles. The number of hydrogen-bond acceptors (Lipinski definition) is 5. The predicted octanol–water partition coefficient (Wildman–Crippen LogP) is 3.26. The van der Waals surface area contributed by atoms with Gasteiger partial charge in [-0.15, -0.1) is 0 Å². The first kappa shape index (κ1) is 16.9. The van der Waals surface area contributed by atoms with Crippen molar-refractivity contribution >= 4 is 0 Å². The highest BCUT2D eigenvalue weighted by Gasteiger charge is 2.28. The first-order valence-corrected chi connectivity index (χ1v) is 8.97. The maximum atomic E-state index is 13.8. The maximum absolute atomic E-state index is 13.8. The van der Waals surface area contributed by atoms with Gasteiger partial charge in [0.1, 0.15) is 11.6 Å². The molecule has 1 atom stereocenters. The molecule has 0 spiro atoms. The van der Waals surface area contributed by atoms with Gasteiger partial charge in [0.05, 0.1) is 12.6 Å². The molecule has 4 rings (SSSR count). The lowest BCUT2D eigenvalue weighted by atomic mass is 10.0. The van der Waals surface area contributed by atoms with Crippen LogP contribution in [-0.2, 0) is 20.0 Å². The van der Waals surface area contributed by atoms with Gasteiger partial charge < -0.3 is 9.09 Å². The third-order valence-corrected chi connectivity index (χ3v) is 4.93. The van der Waals surface area contributed by atoms with Crippen molar-refractivity contribution in [2.45, 2.75) is 38.3 Å². The first-order valence-electron chi connectivity index (χ1n) is 8.97. The zero-order valence-corrected chi connectivity index (χ0v) is 14.8. The standard InChI is InChI=1S/C19H22FN5O/c1-24-11-9-21-19(24)16-8-4-5-10-25(16)13-18-22-17(23-26-18)12-14-6-2-3-7-15(14)20/h2-3,6-7,9,11,16H,4-5,8,10,12-13H2,1H3/t16-/m0/s1. The van der Waals surface area contributed by atoms with Crippen LogP contribution in [0.4, 0.5) is 4.39 Å². The third kappa shape index (κ3) is 3.53. The predicted molar refractivity (Wildman–Crippen MR) is 93.7 cm³/mol. The van der Waals surface area contributed by atoms with Gasteiger partial charge in [0.25, 0.3) is 0 Å². The lowest BCUT2D eigenvalue weighted by Crippen LogP contribution is -2.34. The summed E-state index contributed by atoms with van der Waals surface area (Å²) >= 11 is 0. The van der Waals surface area contributed by atoms with E-state index in [1.54, 1.807) is 12.1 Å². The molecule has 6 nitrogen and oxygen atoms in total. The molecule has 26 heavy (non-hydrogen) atoms. The Hall–Kier alpha value is -2.54. The smallest absolute Gasteiger partial charge is 0.240 e. The molecule has 3 aromatic rings. The van der Waals surface area contributed by atoms with Gasteiger partial charge in [-0.25, -0.2) is 9.37 Å². The number of halogens is 1. The summed E-state index contributed by atoms with van der Waals surface area (Å²) < 4.78 is 21.3. The van der Waals surface area contributed by atoms with Crippen LogP contribution in [0.15, 0.2) is 41.2 Å². The fourth-order valence-corrected chi connectivity index (χ4v) is 3.58. The van der Waals surface area contributed by atoms with Crippen molar-refractivity contribution in [3.05, 3.63) is 65.6 Å². The highest BCUT2D eigenvalue weighted by atomic mass is 19.1. The van der Waals surface area contributed by atoms with Gasteiger partial charge in [0.2, 0.25) is 5.89 Å². The minimum Gasteiger partial charge on any atom is -0.338 e. The van der Waals surface area contributed by atoms with E-state index >= 15 is 0 Å². The highest BCUT2D eigenvalue weighted by Crippen LogP contribution is 2.30. The lowest BCUT2D eigenvalue weighted by Gasteiger charge is -2.34. The Labute approximate surface area is 151 Å². The highest BCUT2D eigenvalue weighted by molar-refractivity contribution is 5.20. The fourth-order valence-electron chi connectivity index (χ4n) is 3.58. The molecular formula is C19H22FN5O. The van der Waals surface area contributed by atoms with E-state index in [0.717, 1.165) is 25.2 Å². The van der Waals surface area contributed by atoms with Crippen molar-refractivity contribution in [2.24, 2.45) is 7.05 Å². The summed E-state index contributed by atoms with van der Waals surface area (Å²) in [5, 5.41) is 4.02. The van der Waals surface area contributed by atoms with E-state index in [2.05, 4.69) is 24.6 Å². The van der Waals surface area contributed by atoms with Gasteiger partial charge in [0, 0.05) is 25.9 Å². The van der Waals surface area contributed by atoms with Crippen LogP contribution in [0.1, 0.15) is 48.4 Å². The van der Waals surface area contributed by atoms with Crippen LogP contribution >= 0.6 is 0 Å². The number of aryl methyl sites for hydroxylation is 1. The van der Waals surface area contributed by atoms with E-state index < -0.39 is 0 Å². The van der Waals surface area contributed by atoms with Crippen molar-refractivity contribution in [3.63, 3.8) is 0 Å². The molecule has 7 heteroatoms. The molecule has 1 fully saturated rings. The molecule has 1 saturated heterocycles. The van der Waals surface area contributed by atoms with Gasteiger partial charge in [0.15, 0.2) is 5.82 Å². The second-order valence-corrected chi connectivity index (χ2v) is 6.75. The Morgan fingerprint density at radius 3 is 2.96 bits per heavy atom. The Balaban J connectivity index is 1.47. The van der Waals surface area contributed by atoms with E-state index in [1.807, 2.05) is 25.5 Å². The van der Waals surface area contributed by atoms with E-state index in [1.165, 1.54) is 12.5 Å². The zero-order chi connectivity index (χ0) is 17.9. The van der Waals surface area contributed by atoms with Crippen LogP contribution in [0.25, 0.3) is 0 Å². The number of piperidine rings is 1. The zero-order valence-electron chi connectivity index (χ0n) is 14.8. The molecule has 0 unspecified atom stereocenters. The van der Waals surface area contributed by atoms with E-state index in [4.69, 9.17) is 4.52 Å². The summed E-state index contributed by atoms with van der Waals surface area (Å²) in [6.45, 7) is 1.56. The van der Waals surface area contributed by atoms with Gasteiger partial charge in [-0.1, -0.05) is 29.8 Å². The van der Waals surface area contributed by atoms with Crippen molar-refractivity contribution in [1.29, 1.82) is 0 Å². The normalized spacial score (nSPS) is 18.3. The summed E-state index contributed by atoms with van der Waals surface area (Å²) in [5.41, 5.74) is 0.573. The molecular weight excluding hydrogens is 333 g/mol. The average molecular weight is 355 g/mol. The number of imidazole rings is 1. The van der Waals surface area contributed by atoms with Gasteiger partial charge >= 0.3 is 0 Å². The summed E-state index contributed by atoms with van der Waals surface area (Å²) in [6, 6.07) is 6.93. The van der Waals surface area contributed by atoms with E-state index in [-0.39, 0.29) is 11.9 Å². The molecule has 3 heterocycles. The second-order valence-electron chi connectivity index (χ2n) is 6.75. The molecule has 0 saturated carbocycles. The number of aromatic nitrogens is 4. The summed E-state index contributed by atoms with van der Waals surface area (Å²) in [4.78, 5) is 11.3. The van der Waals surface area contributed by atoms with Crippen molar-refractivity contribution in [1.82, 2.24) is 24.6 Å². The summed E-state index contributed by atoms with van der Waals surface area (Å²) in [7, 11) is 2.02. The molecule has 0 radical (unpaired) electrons. The monoisotopic (exact) mass is 355 g/mol. The first-order chi connectivity index (χ1) is 12.7. The molecule has 1 aliphatic rings. The minimum absolute atomic E-state index is 0.246. The van der Waals surface area contributed by atoms with E-state index in [9.17, 15) is 4.39 Å². The van der Waals surface area contributed by atoms with Crippen LogP contribution in [0.5, 0.6) is 0 Å². The summed E-state index contributed by atoms with van der Waals surface area (Å²) in [5.74, 6) is 1.90. The van der Waals surface area contributed by atoms with Gasteiger partial charge in [-0.2, -0.15) is 4.98 Å². The SMILES string of the molecule is Cn1ccnc1[C@@H]1CCCCN1Cc1nc(Cc2ccccc2F)no1. The van der Waals surface area contributed by atoms with Crippen LogP contribution in [0, 0.1) is 5.82 Å². The van der Waals surface area contributed by atoms with Crippen LogP contribution in [-0.4, -0.2) is 31.1 Å². The average Bonchev–Trinajstić information content (AvgIpc) is 3.26. The molecule has 0 N–H and O–H groups in total. The molecule has 136 valence electrons. The Kier molecular flexibility index (Phi) is 4.79. The Morgan fingerprint density at radius 2 is 2.15 bits per heavy atom. The lowest BCUT2D eigenvalue weighted by molar-refractivity contribution is 0.116. The van der Waals surface area contributed by atoms with Gasteiger partial charge in [-0.3, -0.25) is 4.90 Å². The topological polar surface area (TPSA) is 60.0 Å². The molecule has 0 bridgehead atoms.